The van der Waals surface area contributed by atoms with Gasteiger partial charge >= 0.3 is 0 Å². The lowest BCUT2D eigenvalue weighted by atomic mass is 10.2. The summed E-state index contributed by atoms with van der Waals surface area (Å²) in [4.78, 5) is 0. The Hall–Kier alpha value is -1.11. The number of aliphatic hydroxyl groups excluding tert-OH is 1. The summed E-state index contributed by atoms with van der Waals surface area (Å²) in [6.45, 7) is -0.0746. The Morgan fingerprint density at radius 2 is 1.88 bits per heavy atom. The molecule has 0 unspecified atom stereocenters. The number of nitrogens with two attached hydrogens (primary N) is 1. The molecule has 0 aliphatic rings. The number of rotatable bonds is 5. The van der Waals surface area contributed by atoms with Crippen molar-refractivity contribution in [2.24, 2.45) is 0 Å². The average Bonchev–Trinajstić information content (AvgIpc) is 2.21. The highest BCUT2D eigenvalue weighted by molar-refractivity contribution is 7.88. The maximum atomic E-state index is 11.8. The lowest BCUT2D eigenvalue weighted by Gasteiger charge is -2.15. The van der Waals surface area contributed by atoms with Crippen LogP contribution in [0.1, 0.15) is 5.56 Å². The Balaban J connectivity index is 2.76. The predicted octanol–water partition coefficient (Wildman–Crippen LogP) is 0.0227. The van der Waals surface area contributed by atoms with Crippen molar-refractivity contribution in [2.75, 3.05) is 25.9 Å². The molecule has 6 heteroatoms. The van der Waals surface area contributed by atoms with E-state index in [0.29, 0.717) is 11.3 Å². The molecule has 5 nitrogen and oxygen atoms in total. The minimum absolute atomic E-state index is 0.0796. The standard InChI is InChI=1S/C10H16N2O3S/c1-12(6-7-13)16(14,15)8-9-2-4-10(11)5-3-9/h2-5,13H,6-8,11H2,1H3. The monoisotopic (exact) mass is 244 g/mol. The van der Waals surface area contributed by atoms with Gasteiger partial charge in [-0.25, -0.2) is 12.7 Å². The molecule has 1 rings (SSSR count). The number of anilines is 1. The molecule has 0 saturated carbocycles. The minimum Gasteiger partial charge on any atom is -0.399 e. The summed E-state index contributed by atoms with van der Waals surface area (Å²) < 4.78 is 24.7. The third-order valence-corrected chi connectivity index (χ3v) is 4.05. The Kier molecular flexibility index (Phi) is 4.28. The second-order valence-electron chi connectivity index (χ2n) is 3.54. The van der Waals surface area contributed by atoms with Gasteiger partial charge in [-0.05, 0) is 17.7 Å². The van der Waals surface area contributed by atoms with Gasteiger partial charge in [-0.3, -0.25) is 0 Å². The van der Waals surface area contributed by atoms with Gasteiger partial charge in [0.1, 0.15) is 0 Å². The van der Waals surface area contributed by atoms with Crippen molar-refractivity contribution >= 4 is 15.7 Å². The third-order valence-electron chi connectivity index (χ3n) is 2.22. The fourth-order valence-electron chi connectivity index (χ4n) is 1.21. The van der Waals surface area contributed by atoms with E-state index in [1.807, 2.05) is 0 Å². The van der Waals surface area contributed by atoms with E-state index >= 15 is 0 Å². The summed E-state index contributed by atoms with van der Waals surface area (Å²) in [6, 6.07) is 6.69. The van der Waals surface area contributed by atoms with Crippen LogP contribution in [0.15, 0.2) is 24.3 Å². The van der Waals surface area contributed by atoms with Crippen molar-refractivity contribution in [3.05, 3.63) is 29.8 Å². The molecule has 3 N–H and O–H groups in total. The van der Waals surface area contributed by atoms with E-state index < -0.39 is 10.0 Å². The van der Waals surface area contributed by atoms with Crippen LogP contribution < -0.4 is 5.73 Å². The first-order valence-electron chi connectivity index (χ1n) is 4.85. The maximum Gasteiger partial charge on any atom is 0.218 e. The molecular formula is C10H16N2O3S. The highest BCUT2D eigenvalue weighted by atomic mass is 32.2. The molecule has 0 fully saturated rings. The van der Waals surface area contributed by atoms with Crippen molar-refractivity contribution in [1.82, 2.24) is 4.31 Å². The molecule has 0 atom stereocenters. The summed E-state index contributed by atoms with van der Waals surface area (Å²) in [6.07, 6.45) is 0. The van der Waals surface area contributed by atoms with Crippen LogP contribution in [-0.2, 0) is 15.8 Å². The highest BCUT2D eigenvalue weighted by Gasteiger charge is 2.17. The number of benzene rings is 1. The molecule has 0 aliphatic heterocycles. The first kappa shape index (κ1) is 13.0. The van der Waals surface area contributed by atoms with Gasteiger partial charge in [0.2, 0.25) is 10.0 Å². The Morgan fingerprint density at radius 3 is 2.38 bits per heavy atom. The molecule has 0 saturated heterocycles. The first-order chi connectivity index (χ1) is 7.45. The smallest absolute Gasteiger partial charge is 0.218 e. The molecule has 16 heavy (non-hydrogen) atoms. The average molecular weight is 244 g/mol. The predicted molar refractivity (Wildman–Crippen MR) is 63.2 cm³/mol. The number of hydrogen-bond acceptors (Lipinski definition) is 4. The molecule has 0 bridgehead atoms. The number of likely N-dealkylation sites (N-methyl/N-ethyl adjacent to an activating group) is 1. The van der Waals surface area contributed by atoms with Gasteiger partial charge in [-0.15, -0.1) is 0 Å². The van der Waals surface area contributed by atoms with Crippen molar-refractivity contribution in [2.45, 2.75) is 5.75 Å². The van der Waals surface area contributed by atoms with E-state index in [9.17, 15) is 8.42 Å². The first-order valence-corrected chi connectivity index (χ1v) is 6.46. The molecule has 1 aromatic rings. The summed E-state index contributed by atoms with van der Waals surface area (Å²) in [5, 5.41) is 8.68. The van der Waals surface area contributed by atoms with Gasteiger partial charge in [0, 0.05) is 19.3 Å². The van der Waals surface area contributed by atoms with Gasteiger partial charge in [0.15, 0.2) is 0 Å². The third kappa shape index (κ3) is 3.48. The Morgan fingerprint density at radius 1 is 1.31 bits per heavy atom. The lowest BCUT2D eigenvalue weighted by molar-refractivity contribution is 0.266. The molecular weight excluding hydrogens is 228 g/mol. The van der Waals surface area contributed by atoms with Crippen molar-refractivity contribution in [3.8, 4) is 0 Å². The molecule has 90 valence electrons. The molecule has 0 heterocycles. The summed E-state index contributed by atoms with van der Waals surface area (Å²) in [5.74, 6) is -0.0796. The van der Waals surface area contributed by atoms with Gasteiger partial charge in [-0.2, -0.15) is 0 Å². The molecule has 0 amide bonds. The normalized spacial score (nSPS) is 11.9. The lowest BCUT2D eigenvalue weighted by Crippen LogP contribution is -2.30. The van der Waals surface area contributed by atoms with E-state index in [-0.39, 0.29) is 18.9 Å². The second kappa shape index (κ2) is 5.29. The number of nitrogen functional groups attached to an aromatic ring is 1. The number of hydrogen-bond donors (Lipinski definition) is 2. The van der Waals surface area contributed by atoms with E-state index in [1.165, 1.54) is 7.05 Å². The largest absolute Gasteiger partial charge is 0.399 e. The van der Waals surface area contributed by atoms with E-state index in [0.717, 1.165) is 4.31 Å². The van der Waals surface area contributed by atoms with Crippen LogP contribution in [-0.4, -0.2) is 38.0 Å². The number of aliphatic hydroxyl groups is 1. The fraction of sp³-hybridized carbons (Fsp3) is 0.400. The number of sulfonamides is 1. The molecule has 0 spiro atoms. The van der Waals surface area contributed by atoms with Crippen LogP contribution >= 0.6 is 0 Å². The highest BCUT2D eigenvalue weighted by Crippen LogP contribution is 2.11. The van der Waals surface area contributed by atoms with Crippen LogP contribution in [0.3, 0.4) is 0 Å². The maximum absolute atomic E-state index is 11.8. The Bertz CT molecular complexity index is 428. The summed E-state index contributed by atoms with van der Waals surface area (Å²) in [7, 11) is -1.91. The summed E-state index contributed by atoms with van der Waals surface area (Å²) >= 11 is 0. The van der Waals surface area contributed by atoms with Gasteiger partial charge in [0.05, 0.1) is 12.4 Å². The SMILES string of the molecule is CN(CCO)S(=O)(=O)Cc1ccc(N)cc1. The zero-order valence-corrected chi connectivity index (χ0v) is 9.94. The zero-order chi connectivity index (χ0) is 12.2. The topological polar surface area (TPSA) is 83.6 Å². The quantitative estimate of drug-likeness (QED) is 0.715. The van der Waals surface area contributed by atoms with Crippen molar-refractivity contribution < 1.29 is 13.5 Å². The van der Waals surface area contributed by atoms with Crippen LogP contribution in [0.5, 0.6) is 0 Å². The minimum atomic E-state index is -3.36. The van der Waals surface area contributed by atoms with Gasteiger partial charge < -0.3 is 10.8 Å². The van der Waals surface area contributed by atoms with E-state index in [1.54, 1.807) is 24.3 Å². The fourth-order valence-corrected chi connectivity index (χ4v) is 2.41. The second-order valence-corrected chi connectivity index (χ2v) is 5.62. The van der Waals surface area contributed by atoms with Gasteiger partial charge in [-0.1, -0.05) is 12.1 Å². The zero-order valence-electron chi connectivity index (χ0n) is 9.13. The van der Waals surface area contributed by atoms with Crippen LogP contribution in [0, 0.1) is 0 Å². The van der Waals surface area contributed by atoms with Crippen molar-refractivity contribution in [3.63, 3.8) is 0 Å². The van der Waals surface area contributed by atoms with Crippen LogP contribution in [0.4, 0.5) is 5.69 Å². The van der Waals surface area contributed by atoms with E-state index in [2.05, 4.69) is 0 Å². The number of nitrogens with zero attached hydrogens (tertiary/aromatic N) is 1. The molecule has 0 aliphatic carbocycles. The molecule has 1 aromatic carbocycles. The molecule has 0 radical (unpaired) electrons. The Labute approximate surface area is 95.5 Å². The van der Waals surface area contributed by atoms with Crippen molar-refractivity contribution in [1.29, 1.82) is 0 Å². The van der Waals surface area contributed by atoms with Crippen LogP contribution in [0.25, 0.3) is 0 Å². The van der Waals surface area contributed by atoms with Crippen LogP contribution in [0.2, 0.25) is 0 Å². The molecule has 0 aromatic heterocycles. The van der Waals surface area contributed by atoms with Gasteiger partial charge in [0.25, 0.3) is 0 Å². The van der Waals surface area contributed by atoms with E-state index in [4.69, 9.17) is 10.8 Å². The summed E-state index contributed by atoms with van der Waals surface area (Å²) in [5.41, 5.74) is 6.79.